The van der Waals surface area contributed by atoms with E-state index in [0.29, 0.717) is 6.54 Å². The van der Waals surface area contributed by atoms with Crippen LogP contribution in [0.2, 0.25) is 5.02 Å². The van der Waals surface area contributed by atoms with Gasteiger partial charge in [-0.2, -0.15) is 0 Å². The van der Waals surface area contributed by atoms with Crippen molar-refractivity contribution < 1.29 is 9.15 Å². The Morgan fingerprint density at radius 3 is 2.48 bits per heavy atom. The van der Waals surface area contributed by atoms with E-state index >= 15 is 0 Å². The summed E-state index contributed by atoms with van der Waals surface area (Å²) in [5, 5.41) is 4.26. The zero-order chi connectivity index (χ0) is 19.9. The first-order valence-corrected chi connectivity index (χ1v) is 9.99. The second-order valence-corrected chi connectivity index (χ2v) is 7.46. The lowest BCUT2D eigenvalue weighted by Crippen LogP contribution is -2.46. The number of hydrogen-bond acceptors (Lipinski definition) is 4. The molecule has 6 nitrogen and oxygen atoms in total. The number of guanidine groups is 1. The summed E-state index contributed by atoms with van der Waals surface area (Å²) in [4.78, 5) is 8.96. The highest BCUT2D eigenvalue weighted by molar-refractivity contribution is 14.0. The van der Waals surface area contributed by atoms with Crippen LogP contribution >= 0.6 is 35.6 Å². The van der Waals surface area contributed by atoms with Gasteiger partial charge in [0.1, 0.15) is 11.5 Å². The molecule has 0 spiro atoms. The van der Waals surface area contributed by atoms with Gasteiger partial charge in [-0.05, 0) is 36.8 Å². The molecule has 3 rings (SSSR count). The molecule has 160 valence electrons. The fraction of sp³-hybridized carbons (Fsp3) is 0.476. The molecule has 0 aliphatic carbocycles. The molecule has 2 heterocycles. The molecule has 1 atom stereocenters. The van der Waals surface area contributed by atoms with E-state index in [1.54, 1.807) is 0 Å². The molecule has 8 heteroatoms. The van der Waals surface area contributed by atoms with Gasteiger partial charge >= 0.3 is 0 Å². The molecule has 1 aliphatic rings. The molecule has 0 saturated carbocycles. The molecule has 1 aromatic carbocycles. The molecule has 29 heavy (non-hydrogen) atoms. The molecule has 1 fully saturated rings. The van der Waals surface area contributed by atoms with Crippen molar-refractivity contribution in [3.8, 4) is 0 Å². The largest absolute Gasteiger partial charge is 0.465 e. The van der Waals surface area contributed by atoms with E-state index in [9.17, 15) is 0 Å². The first-order chi connectivity index (χ1) is 13.6. The van der Waals surface area contributed by atoms with Gasteiger partial charge in [-0.15, -0.1) is 24.0 Å². The molecule has 2 aromatic rings. The monoisotopic (exact) mass is 532 g/mol. The summed E-state index contributed by atoms with van der Waals surface area (Å²) < 4.78 is 11.5. The first kappa shape index (κ1) is 24.0. The van der Waals surface area contributed by atoms with Crippen LogP contribution in [0, 0.1) is 6.92 Å². The van der Waals surface area contributed by atoms with Crippen molar-refractivity contribution >= 4 is 41.5 Å². The highest BCUT2D eigenvalue weighted by atomic mass is 127. The van der Waals surface area contributed by atoms with Crippen molar-refractivity contribution in [3.05, 3.63) is 58.5 Å². The minimum Gasteiger partial charge on any atom is -0.465 e. The number of aryl methyl sites for hydroxylation is 1. The third-order valence-corrected chi connectivity index (χ3v) is 5.19. The molecule has 0 radical (unpaired) electrons. The molecule has 1 N–H and O–H groups in total. The van der Waals surface area contributed by atoms with Crippen molar-refractivity contribution in [2.75, 3.05) is 46.9 Å². The van der Waals surface area contributed by atoms with Crippen molar-refractivity contribution in [2.45, 2.75) is 19.5 Å². The standard InChI is InChI=1S/C21H29ClN4O2.HI/c1-16-4-9-20(28-16)19(26-10-12-27-13-11-26)14-24-21(23-2)25(3)15-17-5-7-18(22)8-6-17;/h4-9,19H,10-15H2,1-3H3,(H,23,24);1H. The minimum atomic E-state index is 0. The number of hydrogen-bond donors (Lipinski definition) is 1. The van der Waals surface area contributed by atoms with Gasteiger partial charge in [0, 0.05) is 45.3 Å². The van der Waals surface area contributed by atoms with Crippen LogP contribution in [0.3, 0.4) is 0 Å². The van der Waals surface area contributed by atoms with Crippen LogP contribution in [-0.2, 0) is 11.3 Å². The van der Waals surface area contributed by atoms with E-state index in [-0.39, 0.29) is 30.0 Å². The Morgan fingerprint density at radius 1 is 1.21 bits per heavy atom. The Balaban J connectivity index is 0.00000300. The van der Waals surface area contributed by atoms with Gasteiger partial charge in [-0.3, -0.25) is 9.89 Å². The van der Waals surface area contributed by atoms with E-state index in [1.807, 2.05) is 51.4 Å². The predicted molar refractivity (Wildman–Crippen MR) is 128 cm³/mol. The number of halogens is 2. The molecular weight excluding hydrogens is 503 g/mol. The predicted octanol–water partition coefficient (Wildman–Crippen LogP) is 3.94. The van der Waals surface area contributed by atoms with Crippen molar-refractivity contribution in [1.82, 2.24) is 15.1 Å². The summed E-state index contributed by atoms with van der Waals surface area (Å²) in [6, 6.07) is 12.1. The number of aliphatic imine (C=N–C) groups is 1. The van der Waals surface area contributed by atoms with Gasteiger partial charge in [0.15, 0.2) is 5.96 Å². The second-order valence-electron chi connectivity index (χ2n) is 7.02. The Bertz CT molecular complexity index is 775. The van der Waals surface area contributed by atoms with Crippen LogP contribution in [-0.4, -0.2) is 62.7 Å². The summed E-state index contributed by atoms with van der Waals surface area (Å²) in [6.07, 6.45) is 0. The summed E-state index contributed by atoms with van der Waals surface area (Å²) >= 11 is 5.98. The number of ether oxygens (including phenoxy) is 1. The Labute approximate surface area is 195 Å². The zero-order valence-electron chi connectivity index (χ0n) is 17.2. The highest BCUT2D eigenvalue weighted by Gasteiger charge is 2.25. The van der Waals surface area contributed by atoms with Gasteiger partial charge < -0.3 is 19.4 Å². The highest BCUT2D eigenvalue weighted by Crippen LogP contribution is 2.23. The maximum atomic E-state index is 5.98. The summed E-state index contributed by atoms with van der Waals surface area (Å²) in [6.45, 7) is 6.73. The average molecular weight is 533 g/mol. The average Bonchev–Trinajstić information content (AvgIpc) is 3.13. The van der Waals surface area contributed by atoms with Crippen LogP contribution in [0.5, 0.6) is 0 Å². The molecule has 1 saturated heterocycles. The normalized spacial score (nSPS) is 16.2. The topological polar surface area (TPSA) is 53.2 Å². The van der Waals surface area contributed by atoms with E-state index in [0.717, 1.165) is 55.4 Å². The fourth-order valence-corrected chi connectivity index (χ4v) is 3.57. The maximum Gasteiger partial charge on any atom is 0.193 e. The molecule has 0 bridgehead atoms. The van der Waals surface area contributed by atoms with Crippen LogP contribution < -0.4 is 5.32 Å². The van der Waals surface area contributed by atoms with Crippen LogP contribution in [0.1, 0.15) is 23.1 Å². The lowest BCUT2D eigenvalue weighted by atomic mass is 10.1. The first-order valence-electron chi connectivity index (χ1n) is 9.61. The Morgan fingerprint density at radius 2 is 1.90 bits per heavy atom. The van der Waals surface area contributed by atoms with Crippen LogP contribution in [0.25, 0.3) is 0 Å². The van der Waals surface area contributed by atoms with Gasteiger partial charge in [0.2, 0.25) is 0 Å². The number of furan rings is 1. The lowest BCUT2D eigenvalue weighted by Gasteiger charge is -2.34. The van der Waals surface area contributed by atoms with Crippen LogP contribution in [0.15, 0.2) is 45.8 Å². The summed E-state index contributed by atoms with van der Waals surface area (Å²) in [7, 11) is 3.84. The number of rotatable bonds is 6. The van der Waals surface area contributed by atoms with Crippen molar-refractivity contribution in [2.24, 2.45) is 4.99 Å². The van der Waals surface area contributed by atoms with Gasteiger partial charge in [0.25, 0.3) is 0 Å². The number of nitrogens with one attached hydrogen (secondary N) is 1. The van der Waals surface area contributed by atoms with Gasteiger partial charge in [-0.25, -0.2) is 0 Å². The van der Waals surface area contributed by atoms with E-state index in [1.165, 1.54) is 5.56 Å². The summed E-state index contributed by atoms with van der Waals surface area (Å²) in [5.74, 6) is 2.75. The van der Waals surface area contributed by atoms with Crippen molar-refractivity contribution in [1.29, 1.82) is 0 Å². The number of nitrogens with zero attached hydrogens (tertiary/aromatic N) is 3. The third-order valence-electron chi connectivity index (χ3n) is 4.94. The summed E-state index contributed by atoms with van der Waals surface area (Å²) in [5.41, 5.74) is 1.18. The van der Waals surface area contributed by atoms with E-state index in [2.05, 4.69) is 26.2 Å². The zero-order valence-corrected chi connectivity index (χ0v) is 20.3. The molecule has 1 aliphatic heterocycles. The van der Waals surface area contributed by atoms with Gasteiger partial charge in [0.05, 0.1) is 19.3 Å². The maximum absolute atomic E-state index is 5.98. The molecule has 1 unspecified atom stereocenters. The fourth-order valence-electron chi connectivity index (χ4n) is 3.44. The lowest BCUT2D eigenvalue weighted by molar-refractivity contribution is 0.0123. The molecule has 0 amide bonds. The van der Waals surface area contributed by atoms with Crippen LogP contribution in [0.4, 0.5) is 0 Å². The SMILES string of the molecule is CN=C(NCC(c1ccc(C)o1)N1CCOCC1)N(C)Cc1ccc(Cl)cc1.I. The number of benzene rings is 1. The van der Waals surface area contributed by atoms with E-state index in [4.69, 9.17) is 20.8 Å². The number of morpholine rings is 1. The van der Waals surface area contributed by atoms with E-state index < -0.39 is 0 Å². The van der Waals surface area contributed by atoms with Gasteiger partial charge in [-0.1, -0.05) is 23.7 Å². The smallest absolute Gasteiger partial charge is 0.193 e. The van der Waals surface area contributed by atoms with Crippen molar-refractivity contribution in [3.63, 3.8) is 0 Å². The Hall–Kier alpha value is -1.29. The third kappa shape index (κ3) is 6.87. The molecular formula is C21H30ClIN4O2. The quantitative estimate of drug-likeness (QED) is 0.347. The Kier molecular flexibility index (Phi) is 9.74. The second kappa shape index (κ2) is 11.8. The molecule has 1 aromatic heterocycles. The minimum absolute atomic E-state index is 0.